The van der Waals surface area contributed by atoms with Crippen LogP contribution in [-0.2, 0) is 9.53 Å². The van der Waals surface area contributed by atoms with Crippen LogP contribution in [0.15, 0.2) is 24.3 Å². The Bertz CT molecular complexity index is 548. The molecule has 1 amide bonds. The van der Waals surface area contributed by atoms with Crippen LogP contribution < -0.4 is 4.74 Å². The van der Waals surface area contributed by atoms with Crippen molar-refractivity contribution in [1.29, 1.82) is 0 Å². The summed E-state index contributed by atoms with van der Waals surface area (Å²) in [4.78, 5) is 25.8. The maximum Gasteiger partial charge on any atom is 0.330 e. The zero-order valence-corrected chi connectivity index (χ0v) is 13.6. The van der Waals surface area contributed by atoms with Gasteiger partial charge in [0.2, 0.25) is 0 Å². The molecule has 0 radical (unpaired) electrons. The van der Waals surface area contributed by atoms with Crippen molar-refractivity contribution in [1.82, 2.24) is 4.90 Å². The quantitative estimate of drug-likeness (QED) is 0.574. The molecule has 0 saturated heterocycles. The fourth-order valence-corrected chi connectivity index (χ4v) is 2.10. The molecule has 5 nitrogen and oxygen atoms in total. The highest BCUT2D eigenvalue weighted by molar-refractivity contribution is 6.01. The summed E-state index contributed by atoms with van der Waals surface area (Å²) in [6.45, 7) is 7.11. The van der Waals surface area contributed by atoms with Gasteiger partial charge in [-0.3, -0.25) is 4.79 Å². The Morgan fingerprint density at radius 2 is 1.86 bits per heavy atom. The van der Waals surface area contributed by atoms with E-state index in [2.05, 4.69) is 0 Å². The topological polar surface area (TPSA) is 55.8 Å². The summed E-state index contributed by atoms with van der Waals surface area (Å²) < 4.78 is 10.2. The molecule has 0 unspecified atom stereocenters. The van der Waals surface area contributed by atoms with Gasteiger partial charge in [-0.2, -0.15) is 0 Å². The Morgan fingerprint density at radius 1 is 1.18 bits per heavy atom. The SMILES string of the molecule is CCOC(=O)/C=C/c1cccc(OC)c1C(=O)N(CC)CC. The molecule has 0 atom stereocenters. The van der Waals surface area contributed by atoms with Crippen LogP contribution >= 0.6 is 0 Å². The van der Waals surface area contributed by atoms with E-state index in [9.17, 15) is 9.59 Å². The highest BCUT2D eigenvalue weighted by Crippen LogP contribution is 2.25. The van der Waals surface area contributed by atoms with E-state index in [1.807, 2.05) is 13.8 Å². The van der Waals surface area contributed by atoms with E-state index in [1.165, 1.54) is 13.2 Å². The number of hydrogen-bond donors (Lipinski definition) is 0. The van der Waals surface area contributed by atoms with Crippen molar-refractivity contribution in [2.75, 3.05) is 26.8 Å². The Balaban J connectivity index is 3.23. The van der Waals surface area contributed by atoms with Crippen molar-refractivity contribution >= 4 is 18.0 Å². The lowest BCUT2D eigenvalue weighted by Crippen LogP contribution is -2.31. The zero-order chi connectivity index (χ0) is 16.5. The summed E-state index contributed by atoms with van der Waals surface area (Å²) in [6.07, 6.45) is 2.90. The third kappa shape index (κ3) is 4.35. The number of carbonyl (C=O) groups excluding carboxylic acids is 2. The number of benzene rings is 1. The van der Waals surface area contributed by atoms with Crippen LogP contribution in [0.1, 0.15) is 36.7 Å². The number of nitrogens with zero attached hydrogens (tertiary/aromatic N) is 1. The van der Waals surface area contributed by atoms with Gasteiger partial charge < -0.3 is 14.4 Å². The molecule has 120 valence electrons. The largest absolute Gasteiger partial charge is 0.496 e. The van der Waals surface area contributed by atoms with Crippen molar-refractivity contribution in [2.24, 2.45) is 0 Å². The van der Waals surface area contributed by atoms with Crippen LogP contribution in [0.5, 0.6) is 5.75 Å². The number of methoxy groups -OCH3 is 1. The molecule has 22 heavy (non-hydrogen) atoms. The lowest BCUT2D eigenvalue weighted by atomic mass is 10.0. The summed E-state index contributed by atoms with van der Waals surface area (Å²) in [6, 6.07) is 5.29. The Labute approximate surface area is 131 Å². The average molecular weight is 305 g/mol. The second-order valence-electron chi connectivity index (χ2n) is 4.49. The minimum absolute atomic E-state index is 0.119. The van der Waals surface area contributed by atoms with Gasteiger partial charge in [0.1, 0.15) is 5.75 Å². The molecular weight excluding hydrogens is 282 g/mol. The molecule has 0 heterocycles. The highest BCUT2D eigenvalue weighted by Gasteiger charge is 2.20. The van der Waals surface area contributed by atoms with E-state index in [0.29, 0.717) is 36.6 Å². The van der Waals surface area contributed by atoms with Gasteiger partial charge in [-0.05, 0) is 38.5 Å². The van der Waals surface area contributed by atoms with Crippen LogP contribution in [0.3, 0.4) is 0 Å². The van der Waals surface area contributed by atoms with Crippen LogP contribution in [0.2, 0.25) is 0 Å². The van der Waals surface area contributed by atoms with E-state index in [-0.39, 0.29) is 5.91 Å². The fraction of sp³-hybridized carbons (Fsp3) is 0.412. The third-order valence-electron chi connectivity index (χ3n) is 3.23. The van der Waals surface area contributed by atoms with Gasteiger partial charge >= 0.3 is 5.97 Å². The molecule has 0 spiro atoms. The van der Waals surface area contributed by atoms with Crippen molar-refractivity contribution in [3.8, 4) is 5.75 Å². The molecule has 0 fully saturated rings. The first-order valence-electron chi connectivity index (χ1n) is 7.40. The van der Waals surface area contributed by atoms with Gasteiger partial charge in [0.05, 0.1) is 19.3 Å². The van der Waals surface area contributed by atoms with Crippen LogP contribution in [0.25, 0.3) is 6.08 Å². The van der Waals surface area contributed by atoms with Crippen LogP contribution in [0.4, 0.5) is 0 Å². The minimum Gasteiger partial charge on any atom is -0.496 e. The van der Waals surface area contributed by atoms with E-state index in [4.69, 9.17) is 9.47 Å². The normalized spacial score (nSPS) is 10.5. The van der Waals surface area contributed by atoms with Gasteiger partial charge in [0.15, 0.2) is 0 Å². The number of amides is 1. The molecule has 0 aliphatic carbocycles. The Morgan fingerprint density at radius 3 is 2.41 bits per heavy atom. The molecule has 0 N–H and O–H groups in total. The van der Waals surface area contributed by atoms with Crippen LogP contribution in [0, 0.1) is 0 Å². The first-order chi connectivity index (χ1) is 10.6. The molecule has 1 aromatic rings. The van der Waals surface area contributed by atoms with Crippen molar-refractivity contribution < 1.29 is 19.1 Å². The average Bonchev–Trinajstić information content (AvgIpc) is 2.53. The number of ether oxygens (including phenoxy) is 2. The summed E-state index contributed by atoms with van der Waals surface area (Å²) in [5, 5.41) is 0. The van der Waals surface area contributed by atoms with Gasteiger partial charge in [-0.25, -0.2) is 4.79 Å². The molecule has 0 bridgehead atoms. The number of carbonyl (C=O) groups is 2. The predicted molar refractivity (Wildman–Crippen MR) is 85.9 cm³/mol. The number of rotatable bonds is 7. The predicted octanol–water partition coefficient (Wildman–Crippen LogP) is 2.75. The molecule has 1 aromatic carbocycles. The third-order valence-corrected chi connectivity index (χ3v) is 3.23. The maximum absolute atomic E-state index is 12.7. The molecule has 0 aliphatic heterocycles. The van der Waals surface area contributed by atoms with Gasteiger partial charge in [0, 0.05) is 19.2 Å². The van der Waals surface area contributed by atoms with Crippen LogP contribution in [-0.4, -0.2) is 43.6 Å². The fourth-order valence-electron chi connectivity index (χ4n) is 2.10. The summed E-state index contributed by atoms with van der Waals surface area (Å²) >= 11 is 0. The molecular formula is C17H23NO4. The first-order valence-corrected chi connectivity index (χ1v) is 7.40. The maximum atomic E-state index is 12.7. The molecule has 5 heteroatoms. The van der Waals surface area contributed by atoms with Crippen molar-refractivity contribution in [2.45, 2.75) is 20.8 Å². The summed E-state index contributed by atoms with van der Waals surface area (Å²) in [5.41, 5.74) is 1.08. The van der Waals surface area contributed by atoms with E-state index < -0.39 is 5.97 Å². The standard InChI is InChI=1S/C17H23NO4/c1-5-18(6-2)17(20)16-13(9-8-10-14(16)21-4)11-12-15(19)22-7-3/h8-12H,5-7H2,1-4H3/b12-11+. The second-order valence-corrected chi connectivity index (χ2v) is 4.49. The second kappa shape index (κ2) is 8.87. The van der Waals surface area contributed by atoms with Gasteiger partial charge in [0.25, 0.3) is 5.91 Å². The van der Waals surface area contributed by atoms with E-state index >= 15 is 0 Å². The zero-order valence-electron chi connectivity index (χ0n) is 13.6. The molecule has 0 saturated carbocycles. The van der Waals surface area contributed by atoms with E-state index in [0.717, 1.165) is 0 Å². The smallest absolute Gasteiger partial charge is 0.330 e. The minimum atomic E-state index is -0.438. The first kappa shape index (κ1) is 17.8. The Kier molecular flexibility index (Phi) is 7.16. The lowest BCUT2D eigenvalue weighted by Gasteiger charge is -2.21. The number of hydrogen-bond acceptors (Lipinski definition) is 4. The lowest BCUT2D eigenvalue weighted by molar-refractivity contribution is -0.137. The molecule has 0 aromatic heterocycles. The summed E-state index contributed by atoms with van der Waals surface area (Å²) in [7, 11) is 1.52. The van der Waals surface area contributed by atoms with Crippen molar-refractivity contribution in [3.05, 3.63) is 35.4 Å². The summed E-state index contributed by atoms with van der Waals surface area (Å²) in [5.74, 6) is -0.0691. The molecule has 1 rings (SSSR count). The monoisotopic (exact) mass is 305 g/mol. The van der Waals surface area contributed by atoms with Gasteiger partial charge in [-0.1, -0.05) is 12.1 Å². The highest BCUT2D eigenvalue weighted by atomic mass is 16.5. The van der Waals surface area contributed by atoms with E-state index in [1.54, 1.807) is 36.1 Å². The molecule has 0 aliphatic rings. The van der Waals surface area contributed by atoms with Crippen molar-refractivity contribution in [3.63, 3.8) is 0 Å². The van der Waals surface area contributed by atoms with Gasteiger partial charge in [-0.15, -0.1) is 0 Å². The number of esters is 1. The Hall–Kier alpha value is -2.30.